The van der Waals surface area contributed by atoms with E-state index in [-0.39, 0.29) is 10.6 Å². The number of rotatable bonds is 6. The number of benzene rings is 3. The molecular formula is C30H21FN4O4S. The summed E-state index contributed by atoms with van der Waals surface area (Å²) < 4.78 is 41.8. The smallest absolute Gasteiger partial charge is 0.354 e. The van der Waals surface area contributed by atoms with E-state index in [9.17, 15) is 22.7 Å². The average Bonchev–Trinajstić information content (AvgIpc) is 3.34. The molecule has 6 aromatic rings. The van der Waals surface area contributed by atoms with E-state index in [0.717, 1.165) is 11.3 Å². The first kappa shape index (κ1) is 25.2. The minimum absolute atomic E-state index is 0.126. The third kappa shape index (κ3) is 4.34. The summed E-state index contributed by atoms with van der Waals surface area (Å²) in [6.45, 7) is 0. The molecule has 3 aromatic heterocycles. The second kappa shape index (κ2) is 9.58. The number of H-pyrrole nitrogens is 1. The van der Waals surface area contributed by atoms with Gasteiger partial charge < -0.3 is 10.1 Å². The highest BCUT2D eigenvalue weighted by molar-refractivity contribution is 7.92. The van der Waals surface area contributed by atoms with E-state index < -0.39 is 21.8 Å². The van der Waals surface area contributed by atoms with Gasteiger partial charge in [0.1, 0.15) is 11.5 Å². The van der Waals surface area contributed by atoms with E-state index in [1.165, 1.54) is 29.6 Å². The number of nitrogens with one attached hydrogen (secondary N) is 1. The number of hydrogen-bond donors (Lipinski definition) is 2. The zero-order chi connectivity index (χ0) is 28.0. The van der Waals surface area contributed by atoms with Gasteiger partial charge in [0.15, 0.2) is 0 Å². The summed E-state index contributed by atoms with van der Waals surface area (Å²) in [5.41, 5.74) is 3.86. The minimum Gasteiger partial charge on any atom is -0.477 e. The number of aromatic nitrogens is 3. The zero-order valence-electron chi connectivity index (χ0n) is 21.0. The number of carbonyl (C=O) groups is 1. The van der Waals surface area contributed by atoms with Gasteiger partial charge in [0.05, 0.1) is 27.5 Å². The van der Waals surface area contributed by atoms with Crippen LogP contribution >= 0.6 is 0 Å². The van der Waals surface area contributed by atoms with E-state index in [1.807, 2.05) is 18.2 Å². The van der Waals surface area contributed by atoms with Crippen LogP contribution in [0.1, 0.15) is 10.5 Å². The molecule has 0 unspecified atom stereocenters. The van der Waals surface area contributed by atoms with Crippen LogP contribution in [0.2, 0.25) is 0 Å². The molecule has 3 aromatic carbocycles. The fourth-order valence-corrected chi connectivity index (χ4v) is 5.84. The Hall–Kier alpha value is -5.09. The van der Waals surface area contributed by atoms with Gasteiger partial charge in [-0.3, -0.25) is 9.29 Å². The largest absolute Gasteiger partial charge is 0.477 e. The Bertz CT molecular complexity index is 2010. The molecule has 2 N–H and O–H groups in total. The summed E-state index contributed by atoms with van der Waals surface area (Å²) in [6.07, 6.45) is 1.67. The van der Waals surface area contributed by atoms with Crippen molar-refractivity contribution in [2.75, 3.05) is 11.4 Å². The molecule has 0 aliphatic rings. The lowest BCUT2D eigenvalue weighted by Gasteiger charge is -2.20. The number of carboxylic acids is 1. The van der Waals surface area contributed by atoms with Crippen LogP contribution in [-0.4, -0.2) is 41.5 Å². The van der Waals surface area contributed by atoms with Gasteiger partial charge in [-0.1, -0.05) is 30.3 Å². The van der Waals surface area contributed by atoms with Crippen molar-refractivity contribution in [3.63, 3.8) is 0 Å². The van der Waals surface area contributed by atoms with Crippen LogP contribution in [-0.2, 0) is 10.0 Å². The number of fused-ring (bicyclic) bond motifs is 3. The molecule has 6 rings (SSSR count). The molecule has 10 heteroatoms. The van der Waals surface area contributed by atoms with Gasteiger partial charge in [-0.15, -0.1) is 0 Å². The molecule has 0 aliphatic carbocycles. The predicted octanol–water partition coefficient (Wildman–Crippen LogP) is 6.11. The van der Waals surface area contributed by atoms with E-state index in [1.54, 1.807) is 60.8 Å². The summed E-state index contributed by atoms with van der Waals surface area (Å²) in [5, 5.41) is 10.7. The molecule has 0 bridgehead atoms. The summed E-state index contributed by atoms with van der Waals surface area (Å²) in [6, 6.07) is 24.3. The minimum atomic E-state index is -3.86. The molecule has 0 spiro atoms. The summed E-state index contributed by atoms with van der Waals surface area (Å²) in [7, 11) is -2.40. The van der Waals surface area contributed by atoms with Crippen molar-refractivity contribution in [1.82, 2.24) is 15.0 Å². The van der Waals surface area contributed by atoms with Crippen LogP contribution in [0, 0.1) is 5.82 Å². The van der Waals surface area contributed by atoms with Gasteiger partial charge >= 0.3 is 5.97 Å². The molecule has 3 heterocycles. The van der Waals surface area contributed by atoms with Gasteiger partial charge in [-0.2, -0.15) is 0 Å². The highest BCUT2D eigenvalue weighted by Gasteiger charge is 2.22. The first-order chi connectivity index (χ1) is 19.2. The Morgan fingerprint density at radius 2 is 1.62 bits per heavy atom. The number of halogens is 1. The number of sulfonamides is 1. The van der Waals surface area contributed by atoms with Gasteiger partial charge in [0.2, 0.25) is 0 Å². The van der Waals surface area contributed by atoms with Crippen LogP contribution in [0.25, 0.3) is 44.3 Å². The molecule has 0 radical (unpaired) electrons. The molecule has 0 atom stereocenters. The molecule has 198 valence electrons. The van der Waals surface area contributed by atoms with Crippen LogP contribution in [0.4, 0.5) is 10.1 Å². The Kier molecular flexibility index (Phi) is 6.04. The SMILES string of the molecule is CN(c1ccc(-c2nc(C(=O)O)cc3c2[nH]c2ccc(F)cc23)cc1)S(=O)(=O)c1ccc(-c2ccccn2)cc1. The van der Waals surface area contributed by atoms with Crippen LogP contribution in [0.3, 0.4) is 0 Å². The van der Waals surface area contributed by atoms with Crippen LogP contribution in [0.15, 0.2) is 102 Å². The lowest BCUT2D eigenvalue weighted by atomic mass is 10.1. The fourth-order valence-electron chi connectivity index (χ4n) is 4.64. The fraction of sp³-hybridized carbons (Fsp3) is 0.0333. The van der Waals surface area contributed by atoms with Gasteiger partial charge in [0, 0.05) is 40.7 Å². The first-order valence-corrected chi connectivity index (χ1v) is 13.6. The Morgan fingerprint density at radius 1 is 0.900 bits per heavy atom. The maximum absolute atomic E-state index is 14.0. The lowest BCUT2D eigenvalue weighted by molar-refractivity contribution is 0.0691. The molecule has 0 saturated heterocycles. The van der Waals surface area contributed by atoms with E-state index in [4.69, 9.17) is 0 Å². The van der Waals surface area contributed by atoms with Crippen molar-refractivity contribution in [2.24, 2.45) is 0 Å². The maximum Gasteiger partial charge on any atom is 0.354 e. The summed E-state index contributed by atoms with van der Waals surface area (Å²) >= 11 is 0. The third-order valence-corrected chi connectivity index (χ3v) is 8.55. The molecule has 0 saturated carbocycles. The van der Waals surface area contributed by atoms with Crippen molar-refractivity contribution in [3.05, 3.63) is 109 Å². The maximum atomic E-state index is 14.0. The second-order valence-corrected chi connectivity index (χ2v) is 11.1. The molecule has 0 fully saturated rings. The number of hydrogen-bond acceptors (Lipinski definition) is 5. The normalized spacial score (nSPS) is 11.7. The number of pyridine rings is 2. The zero-order valence-corrected chi connectivity index (χ0v) is 21.9. The van der Waals surface area contributed by atoms with Crippen LogP contribution in [0.5, 0.6) is 0 Å². The van der Waals surface area contributed by atoms with Crippen molar-refractivity contribution < 1.29 is 22.7 Å². The second-order valence-electron chi connectivity index (χ2n) is 9.16. The molecule has 40 heavy (non-hydrogen) atoms. The quantitative estimate of drug-likeness (QED) is 0.258. The lowest BCUT2D eigenvalue weighted by Crippen LogP contribution is -2.26. The monoisotopic (exact) mass is 552 g/mol. The van der Waals surface area contributed by atoms with E-state index in [2.05, 4.69) is 15.0 Å². The van der Waals surface area contributed by atoms with Crippen molar-refractivity contribution in [1.29, 1.82) is 0 Å². The molecule has 8 nitrogen and oxygen atoms in total. The van der Waals surface area contributed by atoms with E-state index in [0.29, 0.717) is 38.8 Å². The number of anilines is 1. The number of carboxylic acid groups (broad SMARTS) is 1. The van der Waals surface area contributed by atoms with Crippen molar-refractivity contribution in [3.8, 4) is 22.5 Å². The Labute approximate surface area is 228 Å². The number of aromatic carboxylic acids is 1. The summed E-state index contributed by atoms with van der Waals surface area (Å²) in [4.78, 5) is 23.8. The van der Waals surface area contributed by atoms with Crippen LogP contribution < -0.4 is 4.31 Å². The van der Waals surface area contributed by atoms with E-state index >= 15 is 0 Å². The standard InChI is InChI=1S/C30H21FN4O4S/c1-35(40(38,39)22-12-7-18(8-13-22)25-4-2-3-15-32-25)21-10-5-19(6-11-21)28-29-24(17-27(34-28)30(36)37)23-16-20(31)9-14-26(23)33-29/h2-17,33H,1H3,(H,36,37). The number of aromatic amines is 1. The molecule has 0 amide bonds. The average molecular weight is 553 g/mol. The first-order valence-electron chi connectivity index (χ1n) is 12.2. The van der Waals surface area contributed by atoms with Gasteiger partial charge in [-0.25, -0.2) is 22.6 Å². The number of nitrogens with zero attached hydrogens (tertiary/aromatic N) is 3. The van der Waals surface area contributed by atoms with Crippen molar-refractivity contribution in [2.45, 2.75) is 4.90 Å². The highest BCUT2D eigenvalue weighted by Crippen LogP contribution is 2.34. The summed E-state index contributed by atoms with van der Waals surface area (Å²) in [5.74, 6) is -1.66. The Balaban J connectivity index is 1.35. The molecule has 0 aliphatic heterocycles. The van der Waals surface area contributed by atoms with Gasteiger partial charge in [-0.05, 0) is 60.7 Å². The van der Waals surface area contributed by atoms with Crippen molar-refractivity contribution >= 4 is 43.5 Å². The third-order valence-electron chi connectivity index (χ3n) is 6.75. The Morgan fingerprint density at radius 3 is 2.30 bits per heavy atom. The molecular weight excluding hydrogens is 531 g/mol. The predicted molar refractivity (Wildman–Crippen MR) is 151 cm³/mol. The van der Waals surface area contributed by atoms with Gasteiger partial charge in [0.25, 0.3) is 10.0 Å². The topological polar surface area (TPSA) is 116 Å². The highest BCUT2D eigenvalue weighted by atomic mass is 32.2.